The van der Waals surface area contributed by atoms with Crippen molar-refractivity contribution >= 4 is 16.1 Å². The zero-order valence-electron chi connectivity index (χ0n) is 12.9. The number of allylic oxidation sites excluding steroid dienone is 1. The second-order valence-electron chi connectivity index (χ2n) is 6.40. The molecule has 1 aliphatic rings. The minimum Gasteiger partial charge on any atom is -0.225 e. The van der Waals surface area contributed by atoms with Gasteiger partial charge in [0.25, 0.3) is 0 Å². The van der Waals surface area contributed by atoms with Crippen LogP contribution in [0.1, 0.15) is 39.2 Å². The fourth-order valence-electron chi connectivity index (χ4n) is 1.90. The van der Waals surface area contributed by atoms with Crippen molar-refractivity contribution in [1.29, 1.82) is 0 Å². The molecule has 1 fully saturated rings. The monoisotopic (exact) mass is 308 g/mol. The van der Waals surface area contributed by atoms with E-state index >= 15 is 0 Å². The summed E-state index contributed by atoms with van der Waals surface area (Å²) < 4.78 is 23.2. The molecule has 21 heavy (non-hydrogen) atoms. The predicted molar refractivity (Wildman–Crippen MR) is 87.0 cm³/mol. The summed E-state index contributed by atoms with van der Waals surface area (Å²) >= 11 is 0. The van der Waals surface area contributed by atoms with Gasteiger partial charge in [0.15, 0.2) is 0 Å². The van der Waals surface area contributed by atoms with Crippen molar-refractivity contribution in [2.75, 3.05) is 6.54 Å². The first-order valence-electron chi connectivity index (χ1n) is 7.30. The molecule has 0 spiro atoms. The Hall–Kier alpha value is -1.17. The number of sulfonamides is 1. The highest BCUT2D eigenvalue weighted by molar-refractivity contribution is 7.90. The molecule has 4 nitrogen and oxygen atoms in total. The normalized spacial score (nSPS) is 22.6. The summed E-state index contributed by atoms with van der Waals surface area (Å²) in [4.78, 5) is 2.66. The van der Waals surface area contributed by atoms with Crippen LogP contribution in [0.15, 0.2) is 36.4 Å². The highest BCUT2D eigenvalue weighted by Gasteiger charge is 2.40. The molecule has 116 valence electrons. The van der Waals surface area contributed by atoms with Gasteiger partial charge in [0.1, 0.15) is 0 Å². The van der Waals surface area contributed by atoms with Gasteiger partial charge in [-0.05, 0) is 39.2 Å². The summed E-state index contributed by atoms with van der Waals surface area (Å²) in [6.07, 6.45) is 6.17. The summed E-state index contributed by atoms with van der Waals surface area (Å²) in [5.41, 5.74) is 1.19. The first-order valence-corrected chi connectivity index (χ1v) is 8.78. The van der Waals surface area contributed by atoms with E-state index in [1.54, 1.807) is 25.8 Å². The second kappa shape index (κ2) is 6.30. The number of rotatable bonds is 6. The van der Waals surface area contributed by atoms with Gasteiger partial charge in [-0.2, -0.15) is 0 Å². The van der Waals surface area contributed by atoms with Crippen LogP contribution in [0.2, 0.25) is 0 Å². The number of hydrogen-bond donors (Lipinski definition) is 1. The van der Waals surface area contributed by atoms with E-state index in [0.29, 0.717) is 6.04 Å². The van der Waals surface area contributed by atoms with E-state index in [2.05, 4.69) is 29.1 Å². The second-order valence-corrected chi connectivity index (χ2v) is 8.82. The molecular weight excluding hydrogens is 284 g/mol. The van der Waals surface area contributed by atoms with E-state index in [1.807, 2.05) is 18.2 Å². The average Bonchev–Trinajstić information content (AvgIpc) is 3.12. The first-order chi connectivity index (χ1) is 9.79. The molecule has 2 rings (SSSR count). The highest BCUT2D eigenvalue weighted by atomic mass is 32.2. The Morgan fingerprint density at radius 2 is 1.95 bits per heavy atom. The summed E-state index contributed by atoms with van der Waals surface area (Å²) in [5.74, 6) is 0. The van der Waals surface area contributed by atoms with Crippen LogP contribution in [0.4, 0.5) is 0 Å². The molecule has 0 aromatic heterocycles. The van der Waals surface area contributed by atoms with Crippen LogP contribution in [-0.4, -0.2) is 30.8 Å². The van der Waals surface area contributed by atoms with Crippen LogP contribution >= 0.6 is 0 Å². The van der Waals surface area contributed by atoms with Crippen LogP contribution in [-0.2, 0) is 10.0 Å². The summed E-state index contributed by atoms with van der Waals surface area (Å²) in [6, 6.07) is 10.5. The molecule has 1 aromatic rings. The van der Waals surface area contributed by atoms with Gasteiger partial charge in [-0.3, -0.25) is 0 Å². The van der Waals surface area contributed by atoms with E-state index in [-0.39, 0.29) is 0 Å². The van der Waals surface area contributed by atoms with Gasteiger partial charge in [-0.15, -0.1) is 4.83 Å². The molecule has 0 aliphatic carbocycles. The van der Waals surface area contributed by atoms with Gasteiger partial charge in [-0.1, -0.05) is 42.5 Å². The van der Waals surface area contributed by atoms with Crippen molar-refractivity contribution in [3.8, 4) is 0 Å². The van der Waals surface area contributed by atoms with Gasteiger partial charge < -0.3 is 0 Å². The summed E-state index contributed by atoms with van der Waals surface area (Å²) in [5, 5.41) is 1.80. The summed E-state index contributed by atoms with van der Waals surface area (Å²) in [7, 11) is -3.28. The van der Waals surface area contributed by atoms with Crippen LogP contribution in [0.3, 0.4) is 0 Å². The van der Waals surface area contributed by atoms with E-state index in [9.17, 15) is 8.42 Å². The lowest BCUT2D eigenvalue weighted by Crippen LogP contribution is -2.42. The molecule has 1 N–H and O–H groups in total. The molecule has 0 radical (unpaired) electrons. The lowest BCUT2D eigenvalue weighted by molar-refractivity contribution is 0.428. The Morgan fingerprint density at radius 3 is 2.57 bits per heavy atom. The topological polar surface area (TPSA) is 49.2 Å². The Balaban J connectivity index is 1.72. The SMILES string of the molecule is CC(C)(C)S(=O)(=O)NN1CC1CC/C=C/c1ccccc1. The maximum Gasteiger partial charge on any atom is 0.229 e. The third kappa shape index (κ3) is 4.66. The Bertz CT molecular complexity index is 588. The minimum atomic E-state index is -3.28. The quantitative estimate of drug-likeness (QED) is 0.822. The smallest absolute Gasteiger partial charge is 0.225 e. The first kappa shape index (κ1) is 16.2. The molecule has 5 heteroatoms. The van der Waals surface area contributed by atoms with Gasteiger partial charge in [0.05, 0.1) is 4.75 Å². The van der Waals surface area contributed by atoms with Gasteiger partial charge >= 0.3 is 0 Å². The van der Waals surface area contributed by atoms with Crippen LogP contribution in [0.5, 0.6) is 0 Å². The molecular formula is C16H24N2O2S. The van der Waals surface area contributed by atoms with Gasteiger partial charge in [0.2, 0.25) is 10.0 Å². The maximum atomic E-state index is 12.0. The van der Waals surface area contributed by atoms with Crippen LogP contribution in [0.25, 0.3) is 6.08 Å². The number of nitrogens with zero attached hydrogens (tertiary/aromatic N) is 1. The summed E-state index contributed by atoms with van der Waals surface area (Å²) in [6.45, 7) is 5.91. The van der Waals surface area contributed by atoms with Gasteiger partial charge in [-0.25, -0.2) is 13.4 Å². The Labute approximate surface area is 127 Å². The standard InChI is InChI=1S/C16H24N2O2S/c1-16(2,3)21(19,20)17-18-13-15(18)12-8-7-11-14-9-5-4-6-10-14/h4-7,9-11,15,17H,8,12-13H2,1-3H3/b11-7+. The van der Waals surface area contributed by atoms with E-state index < -0.39 is 14.8 Å². The molecule has 1 aromatic carbocycles. The Morgan fingerprint density at radius 1 is 1.29 bits per heavy atom. The predicted octanol–water partition coefficient (Wildman–Crippen LogP) is 2.80. The van der Waals surface area contributed by atoms with Crippen LogP contribution in [0, 0.1) is 0 Å². The van der Waals surface area contributed by atoms with E-state index in [1.165, 1.54) is 5.56 Å². The molecule has 1 aliphatic heterocycles. The fraction of sp³-hybridized carbons (Fsp3) is 0.500. The highest BCUT2D eigenvalue weighted by Crippen LogP contribution is 2.23. The fourth-order valence-corrected chi connectivity index (χ4v) is 2.71. The lowest BCUT2D eigenvalue weighted by Gasteiger charge is -2.20. The number of nitrogens with one attached hydrogen (secondary N) is 1. The zero-order valence-corrected chi connectivity index (χ0v) is 13.7. The number of hydrogen-bond acceptors (Lipinski definition) is 3. The molecule has 2 unspecified atom stereocenters. The van der Waals surface area contributed by atoms with Crippen LogP contribution < -0.4 is 4.83 Å². The zero-order chi connectivity index (χ0) is 15.5. The Kier molecular flexibility index (Phi) is 4.86. The lowest BCUT2D eigenvalue weighted by atomic mass is 10.2. The van der Waals surface area contributed by atoms with Crippen molar-refractivity contribution in [1.82, 2.24) is 9.84 Å². The van der Waals surface area contributed by atoms with Gasteiger partial charge in [0, 0.05) is 12.6 Å². The number of benzene rings is 1. The molecule has 0 amide bonds. The van der Waals surface area contributed by atoms with Crippen molar-refractivity contribution in [3.63, 3.8) is 0 Å². The largest absolute Gasteiger partial charge is 0.229 e. The van der Waals surface area contributed by atoms with E-state index in [0.717, 1.165) is 19.4 Å². The van der Waals surface area contributed by atoms with Crippen molar-refractivity contribution in [2.45, 2.75) is 44.4 Å². The number of hydrazine groups is 1. The van der Waals surface area contributed by atoms with Crippen molar-refractivity contribution in [3.05, 3.63) is 42.0 Å². The average molecular weight is 308 g/mol. The van der Waals surface area contributed by atoms with E-state index in [4.69, 9.17) is 0 Å². The van der Waals surface area contributed by atoms with Crippen molar-refractivity contribution in [2.24, 2.45) is 0 Å². The minimum absolute atomic E-state index is 0.322. The molecule has 1 saturated heterocycles. The maximum absolute atomic E-state index is 12.0. The van der Waals surface area contributed by atoms with Crippen molar-refractivity contribution < 1.29 is 8.42 Å². The molecule has 0 saturated carbocycles. The molecule has 2 atom stereocenters. The molecule has 0 bridgehead atoms. The third-order valence-electron chi connectivity index (χ3n) is 3.53. The molecule has 1 heterocycles. The third-order valence-corrected chi connectivity index (χ3v) is 5.62.